The van der Waals surface area contributed by atoms with Crippen molar-refractivity contribution in [3.05, 3.63) is 32.5 Å². The van der Waals surface area contributed by atoms with Crippen molar-refractivity contribution in [2.24, 2.45) is 5.92 Å². The molecule has 3 heterocycles. The Balaban J connectivity index is 1.74. The van der Waals surface area contributed by atoms with Crippen molar-refractivity contribution in [1.82, 2.24) is 20.2 Å². The number of carboxylic acids is 1. The Kier molecular flexibility index (Phi) is 6.72. The topological polar surface area (TPSA) is 102 Å². The van der Waals surface area contributed by atoms with Gasteiger partial charge in [0.15, 0.2) is 5.13 Å². The van der Waals surface area contributed by atoms with Crippen LogP contribution in [-0.2, 0) is 0 Å². The highest BCUT2D eigenvalue weighted by atomic mass is 35.5. The Morgan fingerprint density at radius 1 is 1.41 bits per heavy atom. The largest absolute Gasteiger partial charge is 0.477 e. The number of nitrogens with zero attached hydrogens (tertiary/aromatic N) is 3. The molecule has 1 amide bonds. The lowest BCUT2D eigenvalue weighted by molar-refractivity contribution is 0.0701. The predicted molar refractivity (Wildman–Crippen MR) is 115 cm³/mol. The fourth-order valence-electron chi connectivity index (χ4n) is 3.53. The molecule has 1 fully saturated rings. The zero-order valence-corrected chi connectivity index (χ0v) is 18.7. The smallest absolute Gasteiger partial charge is 0.347 e. The van der Waals surface area contributed by atoms with E-state index in [1.807, 2.05) is 14.1 Å². The van der Waals surface area contributed by atoms with Gasteiger partial charge in [-0.25, -0.2) is 9.78 Å². The van der Waals surface area contributed by atoms with Crippen molar-refractivity contribution < 1.29 is 14.7 Å². The van der Waals surface area contributed by atoms with Crippen LogP contribution in [0.25, 0.3) is 0 Å². The van der Waals surface area contributed by atoms with Crippen molar-refractivity contribution in [2.45, 2.75) is 19.4 Å². The van der Waals surface area contributed by atoms with Crippen LogP contribution >= 0.6 is 34.5 Å². The number of aromatic amines is 1. The summed E-state index contributed by atoms with van der Waals surface area (Å²) in [5, 5.41) is 13.5. The maximum atomic E-state index is 12.8. The van der Waals surface area contributed by atoms with E-state index in [2.05, 4.69) is 25.1 Å². The van der Waals surface area contributed by atoms with E-state index in [4.69, 9.17) is 28.3 Å². The number of amides is 1. The van der Waals surface area contributed by atoms with E-state index in [1.54, 1.807) is 6.92 Å². The Bertz CT molecular complexity index is 913. The van der Waals surface area contributed by atoms with Gasteiger partial charge in [0.2, 0.25) is 0 Å². The molecular formula is C18H23Cl2N5O3S. The summed E-state index contributed by atoms with van der Waals surface area (Å²) in [6.45, 7) is 3.85. The first-order valence-corrected chi connectivity index (χ1v) is 10.7. The minimum Gasteiger partial charge on any atom is -0.477 e. The van der Waals surface area contributed by atoms with Gasteiger partial charge in [-0.1, -0.05) is 34.5 Å². The molecular weight excluding hydrogens is 437 g/mol. The molecule has 0 saturated carbocycles. The summed E-state index contributed by atoms with van der Waals surface area (Å²) in [6.07, 6.45) is 2.09. The Labute approximate surface area is 182 Å². The lowest BCUT2D eigenvalue weighted by Crippen LogP contribution is -2.53. The monoisotopic (exact) mass is 459 g/mol. The fraction of sp³-hybridized carbons (Fsp3) is 0.500. The van der Waals surface area contributed by atoms with Crippen LogP contribution in [-0.4, -0.2) is 71.6 Å². The van der Waals surface area contributed by atoms with Crippen LogP contribution < -0.4 is 10.2 Å². The minimum atomic E-state index is -0.975. The quantitative estimate of drug-likeness (QED) is 0.613. The molecule has 1 saturated heterocycles. The highest BCUT2D eigenvalue weighted by molar-refractivity contribution is 7.17. The van der Waals surface area contributed by atoms with Crippen LogP contribution in [0.3, 0.4) is 0 Å². The molecule has 0 spiro atoms. The number of hydrogen-bond acceptors (Lipinski definition) is 6. The third-order valence-electron chi connectivity index (χ3n) is 4.91. The van der Waals surface area contributed by atoms with Gasteiger partial charge in [0, 0.05) is 37.3 Å². The number of piperidine rings is 1. The first-order valence-electron chi connectivity index (χ1n) is 9.10. The van der Waals surface area contributed by atoms with Crippen molar-refractivity contribution in [1.29, 1.82) is 0 Å². The van der Waals surface area contributed by atoms with Gasteiger partial charge >= 0.3 is 5.97 Å². The number of aromatic carboxylic acids is 1. The van der Waals surface area contributed by atoms with Gasteiger partial charge in [0.1, 0.15) is 10.6 Å². The molecule has 0 aliphatic carbocycles. The standard InChI is InChI=1S/C18H23Cl2N5O3S/c1-9-13(19)14(20)15(22-9)16(26)23-11-4-5-25(8-10(11)7-24(2)3)18-21-6-12(29-18)17(27)28/h6,10-11,22H,4-5,7-8H2,1-3H3,(H,23,26)(H,27,28)/t10-,11+/m0/s1. The van der Waals surface area contributed by atoms with E-state index < -0.39 is 5.97 Å². The number of anilines is 1. The van der Waals surface area contributed by atoms with Crippen LogP contribution in [0.2, 0.25) is 10.0 Å². The van der Waals surface area contributed by atoms with Crippen molar-refractivity contribution in [2.75, 3.05) is 38.6 Å². The molecule has 29 heavy (non-hydrogen) atoms. The van der Waals surface area contributed by atoms with E-state index in [9.17, 15) is 9.59 Å². The molecule has 0 aromatic carbocycles. The van der Waals surface area contributed by atoms with Gasteiger partial charge in [-0.2, -0.15) is 0 Å². The molecule has 11 heteroatoms. The van der Waals surface area contributed by atoms with E-state index in [1.165, 1.54) is 6.20 Å². The normalized spacial score (nSPS) is 19.6. The number of aryl methyl sites for hydroxylation is 1. The van der Waals surface area contributed by atoms with Gasteiger partial charge in [-0.15, -0.1) is 0 Å². The minimum absolute atomic E-state index is 0.0569. The second kappa shape index (κ2) is 8.91. The molecule has 3 rings (SSSR count). The lowest BCUT2D eigenvalue weighted by Gasteiger charge is -2.40. The summed E-state index contributed by atoms with van der Waals surface area (Å²) >= 11 is 13.4. The molecule has 0 unspecified atom stereocenters. The van der Waals surface area contributed by atoms with Crippen LogP contribution in [0, 0.1) is 12.8 Å². The predicted octanol–water partition coefficient (Wildman–Crippen LogP) is 2.97. The summed E-state index contributed by atoms with van der Waals surface area (Å²) in [6, 6.07) is -0.0569. The zero-order valence-electron chi connectivity index (χ0n) is 16.3. The average Bonchev–Trinajstić information content (AvgIpc) is 3.24. The third kappa shape index (κ3) is 4.85. The number of rotatable bonds is 6. The first-order chi connectivity index (χ1) is 13.7. The summed E-state index contributed by atoms with van der Waals surface area (Å²) in [5.41, 5.74) is 0.922. The highest BCUT2D eigenvalue weighted by Crippen LogP contribution is 2.31. The summed E-state index contributed by atoms with van der Waals surface area (Å²) < 4.78 is 0. The van der Waals surface area contributed by atoms with E-state index in [0.29, 0.717) is 35.4 Å². The Morgan fingerprint density at radius 2 is 2.14 bits per heavy atom. The molecule has 0 radical (unpaired) electrons. The summed E-state index contributed by atoms with van der Waals surface area (Å²) in [4.78, 5) is 35.5. The Morgan fingerprint density at radius 3 is 2.69 bits per heavy atom. The fourth-order valence-corrected chi connectivity index (χ4v) is 4.73. The SMILES string of the molecule is Cc1[nH]c(C(=O)N[C@@H]2CCN(c3ncc(C(=O)O)s3)C[C@@H]2CN(C)C)c(Cl)c1Cl. The van der Waals surface area contributed by atoms with Gasteiger partial charge < -0.3 is 25.2 Å². The third-order valence-corrected chi connectivity index (χ3v) is 6.90. The maximum Gasteiger partial charge on any atom is 0.347 e. The van der Waals surface area contributed by atoms with Crippen LogP contribution in [0.15, 0.2) is 6.20 Å². The van der Waals surface area contributed by atoms with Gasteiger partial charge in [-0.05, 0) is 27.4 Å². The average molecular weight is 460 g/mol. The molecule has 8 nitrogen and oxygen atoms in total. The molecule has 1 aliphatic rings. The first kappa shape index (κ1) is 21.9. The molecule has 1 aliphatic heterocycles. The second-order valence-electron chi connectivity index (χ2n) is 7.40. The van der Waals surface area contributed by atoms with E-state index >= 15 is 0 Å². The van der Waals surface area contributed by atoms with Crippen molar-refractivity contribution in [3.8, 4) is 0 Å². The molecule has 3 N–H and O–H groups in total. The number of carbonyl (C=O) groups excluding carboxylic acids is 1. The second-order valence-corrected chi connectivity index (χ2v) is 9.17. The Hall–Kier alpha value is -1.81. The van der Waals surface area contributed by atoms with Crippen LogP contribution in [0.5, 0.6) is 0 Å². The van der Waals surface area contributed by atoms with E-state index in [-0.39, 0.29) is 33.5 Å². The number of halogens is 2. The molecule has 2 aromatic heterocycles. The number of aromatic nitrogens is 2. The van der Waals surface area contributed by atoms with Crippen molar-refractivity contribution >= 4 is 51.5 Å². The molecule has 2 aromatic rings. The van der Waals surface area contributed by atoms with Crippen molar-refractivity contribution in [3.63, 3.8) is 0 Å². The van der Waals surface area contributed by atoms with Gasteiger partial charge in [0.05, 0.1) is 16.2 Å². The lowest BCUT2D eigenvalue weighted by atomic mass is 9.91. The van der Waals surface area contributed by atoms with Gasteiger partial charge in [-0.3, -0.25) is 4.79 Å². The number of hydrogen-bond donors (Lipinski definition) is 3. The number of carbonyl (C=O) groups is 2. The number of nitrogens with one attached hydrogen (secondary N) is 2. The molecule has 0 bridgehead atoms. The number of H-pyrrole nitrogens is 1. The van der Waals surface area contributed by atoms with Crippen LogP contribution in [0.4, 0.5) is 5.13 Å². The number of carboxylic acid groups (broad SMARTS) is 1. The van der Waals surface area contributed by atoms with Crippen LogP contribution in [0.1, 0.15) is 32.3 Å². The van der Waals surface area contributed by atoms with Gasteiger partial charge in [0.25, 0.3) is 5.91 Å². The summed E-state index contributed by atoms with van der Waals surface area (Å²) in [7, 11) is 3.96. The number of thiazole rings is 1. The maximum absolute atomic E-state index is 12.8. The highest BCUT2D eigenvalue weighted by Gasteiger charge is 2.33. The summed E-state index contributed by atoms with van der Waals surface area (Å²) in [5.74, 6) is -1.13. The zero-order chi connectivity index (χ0) is 21.3. The molecule has 158 valence electrons. The molecule has 2 atom stereocenters. The van der Waals surface area contributed by atoms with E-state index in [0.717, 1.165) is 17.9 Å².